The fourth-order valence-electron chi connectivity index (χ4n) is 3.05. The molecule has 29 heavy (non-hydrogen) atoms. The average molecular weight is 400 g/mol. The smallest absolute Gasteiger partial charge is 0.271 e. The second-order valence-corrected chi connectivity index (χ2v) is 6.67. The molecule has 0 bridgehead atoms. The summed E-state index contributed by atoms with van der Waals surface area (Å²) in [5.74, 6) is 0.151. The molecule has 9 heteroatoms. The third kappa shape index (κ3) is 4.94. The Morgan fingerprint density at radius 3 is 2.93 bits per heavy atom. The van der Waals surface area contributed by atoms with Crippen LogP contribution in [0.15, 0.2) is 41.3 Å². The van der Waals surface area contributed by atoms with Gasteiger partial charge < -0.3 is 30.0 Å². The highest BCUT2D eigenvalue weighted by molar-refractivity contribution is 5.96. The van der Waals surface area contributed by atoms with Crippen LogP contribution in [0.3, 0.4) is 0 Å². The summed E-state index contributed by atoms with van der Waals surface area (Å²) in [5.41, 5.74) is 1.07. The third-order valence-electron chi connectivity index (χ3n) is 4.69. The van der Waals surface area contributed by atoms with Gasteiger partial charge in [0, 0.05) is 32.5 Å². The van der Waals surface area contributed by atoms with E-state index in [2.05, 4.69) is 15.6 Å². The summed E-state index contributed by atoms with van der Waals surface area (Å²) in [5, 5.41) is 5.40. The summed E-state index contributed by atoms with van der Waals surface area (Å²) in [4.78, 5) is 40.8. The van der Waals surface area contributed by atoms with Gasteiger partial charge in [-0.1, -0.05) is 0 Å². The molecule has 2 heterocycles. The number of aromatic nitrogens is 1. The molecule has 2 amide bonds. The number of benzene rings is 1. The molecule has 3 rings (SSSR count). The van der Waals surface area contributed by atoms with Gasteiger partial charge in [0.25, 0.3) is 11.5 Å². The van der Waals surface area contributed by atoms with Gasteiger partial charge in [0.05, 0.1) is 24.8 Å². The lowest BCUT2D eigenvalue weighted by Gasteiger charge is -2.35. The molecule has 1 aromatic heterocycles. The van der Waals surface area contributed by atoms with E-state index in [1.165, 1.54) is 6.20 Å². The first-order valence-corrected chi connectivity index (χ1v) is 9.24. The molecule has 0 radical (unpaired) electrons. The highest BCUT2D eigenvalue weighted by atomic mass is 16.5. The molecule has 9 nitrogen and oxygen atoms in total. The van der Waals surface area contributed by atoms with Gasteiger partial charge in [-0.15, -0.1) is 0 Å². The van der Waals surface area contributed by atoms with Gasteiger partial charge in [-0.2, -0.15) is 0 Å². The second kappa shape index (κ2) is 9.24. The molecule has 1 aliphatic rings. The SMILES string of the molecule is COCCNC(=O)c1ccc2c(c1)N(C)[C@H](CC(=O)Nc1ccc[nH]c1=O)CO2. The number of methoxy groups -OCH3 is 1. The summed E-state index contributed by atoms with van der Waals surface area (Å²) in [6.07, 6.45) is 1.63. The van der Waals surface area contributed by atoms with Gasteiger partial charge in [-0.25, -0.2) is 0 Å². The molecule has 0 saturated carbocycles. The Bertz CT molecular complexity index is 942. The van der Waals surface area contributed by atoms with Crippen molar-refractivity contribution in [2.45, 2.75) is 12.5 Å². The van der Waals surface area contributed by atoms with Crippen molar-refractivity contribution in [3.63, 3.8) is 0 Å². The average Bonchev–Trinajstić information content (AvgIpc) is 2.72. The number of carbonyl (C=O) groups is 2. The van der Waals surface area contributed by atoms with Crippen molar-refractivity contribution in [3.05, 3.63) is 52.4 Å². The zero-order chi connectivity index (χ0) is 20.8. The lowest BCUT2D eigenvalue weighted by atomic mass is 10.1. The van der Waals surface area contributed by atoms with Crippen molar-refractivity contribution < 1.29 is 19.1 Å². The first-order valence-electron chi connectivity index (χ1n) is 9.24. The van der Waals surface area contributed by atoms with Gasteiger partial charge >= 0.3 is 0 Å². The molecular formula is C20H24N4O5. The van der Waals surface area contributed by atoms with Gasteiger partial charge in [0.1, 0.15) is 18.0 Å². The van der Waals surface area contributed by atoms with Gasteiger partial charge in [-0.05, 0) is 30.3 Å². The number of rotatable bonds is 7. The summed E-state index contributed by atoms with van der Waals surface area (Å²) in [6.45, 7) is 1.17. The minimum absolute atomic E-state index is 0.133. The fraction of sp³-hybridized carbons (Fsp3) is 0.350. The molecule has 0 unspecified atom stereocenters. The zero-order valence-corrected chi connectivity index (χ0v) is 16.4. The van der Waals surface area contributed by atoms with Crippen molar-refractivity contribution in [1.29, 1.82) is 0 Å². The Labute approximate surface area is 168 Å². The van der Waals surface area contributed by atoms with Crippen LogP contribution in [0.2, 0.25) is 0 Å². The zero-order valence-electron chi connectivity index (χ0n) is 16.4. The lowest BCUT2D eigenvalue weighted by Crippen LogP contribution is -2.43. The van der Waals surface area contributed by atoms with Gasteiger partial charge in [0.15, 0.2) is 0 Å². The van der Waals surface area contributed by atoms with Crippen LogP contribution < -0.4 is 25.8 Å². The number of nitrogens with zero attached hydrogens (tertiary/aromatic N) is 1. The molecule has 154 valence electrons. The van der Waals surface area contributed by atoms with E-state index in [9.17, 15) is 14.4 Å². The lowest BCUT2D eigenvalue weighted by molar-refractivity contribution is -0.116. The van der Waals surface area contributed by atoms with Crippen LogP contribution in [-0.2, 0) is 9.53 Å². The summed E-state index contributed by atoms with van der Waals surface area (Å²) >= 11 is 0. The standard InChI is InChI=1S/C20H24N4O5/c1-24-14(11-18(25)23-15-4-3-7-21-20(15)27)12-29-17-6-5-13(10-16(17)24)19(26)22-8-9-28-2/h3-7,10,14H,8-9,11-12H2,1-2H3,(H,21,27)(H,22,26)(H,23,25)/t14-/m1/s1. The normalized spacial score (nSPS) is 15.2. The number of ether oxygens (including phenoxy) is 2. The van der Waals surface area contributed by atoms with E-state index in [1.54, 1.807) is 37.4 Å². The fourth-order valence-corrected chi connectivity index (χ4v) is 3.05. The van der Waals surface area contributed by atoms with E-state index in [-0.39, 0.29) is 35.5 Å². The van der Waals surface area contributed by atoms with Crippen molar-refractivity contribution in [3.8, 4) is 5.75 Å². The Kier molecular flexibility index (Phi) is 6.50. The number of pyridine rings is 1. The van der Waals surface area contributed by atoms with Crippen LogP contribution in [0.4, 0.5) is 11.4 Å². The minimum atomic E-state index is -0.358. The number of amides is 2. The number of hydrogen-bond donors (Lipinski definition) is 3. The first kappa shape index (κ1) is 20.4. The predicted octanol–water partition coefficient (Wildman–Crippen LogP) is 0.977. The van der Waals surface area contributed by atoms with Crippen LogP contribution in [0.5, 0.6) is 5.75 Å². The summed E-state index contributed by atoms with van der Waals surface area (Å²) in [7, 11) is 3.42. The molecule has 0 fully saturated rings. The third-order valence-corrected chi connectivity index (χ3v) is 4.69. The van der Waals surface area contributed by atoms with Gasteiger partial charge in [-0.3, -0.25) is 14.4 Å². The van der Waals surface area contributed by atoms with Crippen molar-refractivity contribution >= 4 is 23.2 Å². The van der Waals surface area contributed by atoms with Crippen LogP contribution >= 0.6 is 0 Å². The first-order chi connectivity index (χ1) is 14.0. The number of fused-ring (bicyclic) bond motifs is 1. The maximum absolute atomic E-state index is 12.4. The van der Waals surface area contributed by atoms with Crippen LogP contribution in [-0.4, -0.2) is 56.8 Å². The minimum Gasteiger partial charge on any atom is -0.489 e. The second-order valence-electron chi connectivity index (χ2n) is 6.67. The molecule has 1 aliphatic heterocycles. The highest BCUT2D eigenvalue weighted by Crippen LogP contribution is 2.34. The van der Waals surface area contributed by atoms with E-state index in [1.807, 2.05) is 11.9 Å². The molecule has 1 atom stereocenters. The Morgan fingerprint density at radius 1 is 1.34 bits per heavy atom. The van der Waals surface area contributed by atoms with Crippen molar-refractivity contribution in [1.82, 2.24) is 10.3 Å². The molecular weight excluding hydrogens is 376 g/mol. The maximum Gasteiger partial charge on any atom is 0.271 e. The largest absolute Gasteiger partial charge is 0.489 e. The molecule has 0 aliphatic carbocycles. The van der Waals surface area contributed by atoms with E-state index >= 15 is 0 Å². The summed E-state index contributed by atoms with van der Waals surface area (Å²) < 4.78 is 10.7. The monoisotopic (exact) mass is 400 g/mol. The van der Waals surface area contributed by atoms with Gasteiger partial charge in [0.2, 0.25) is 5.91 Å². The molecule has 0 saturated heterocycles. The number of hydrogen-bond acceptors (Lipinski definition) is 6. The van der Waals surface area contributed by atoms with Crippen molar-refractivity contribution in [2.24, 2.45) is 0 Å². The maximum atomic E-state index is 12.4. The number of carbonyl (C=O) groups excluding carboxylic acids is 2. The Balaban J connectivity index is 1.67. The van der Waals surface area contributed by atoms with E-state index in [0.717, 1.165) is 5.69 Å². The van der Waals surface area contributed by atoms with E-state index in [4.69, 9.17) is 9.47 Å². The number of nitrogens with one attached hydrogen (secondary N) is 3. The molecule has 0 spiro atoms. The van der Waals surface area contributed by atoms with Crippen molar-refractivity contribution in [2.75, 3.05) is 44.1 Å². The Hall–Kier alpha value is -3.33. The topological polar surface area (TPSA) is 113 Å². The predicted molar refractivity (Wildman–Crippen MR) is 109 cm³/mol. The quantitative estimate of drug-likeness (QED) is 0.597. The van der Waals surface area contributed by atoms with Crippen LogP contribution in [0.1, 0.15) is 16.8 Å². The molecule has 1 aromatic carbocycles. The van der Waals surface area contributed by atoms with E-state index in [0.29, 0.717) is 31.1 Å². The highest BCUT2D eigenvalue weighted by Gasteiger charge is 2.27. The molecule has 2 aromatic rings. The number of aromatic amines is 1. The van der Waals surface area contributed by atoms with E-state index < -0.39 is 0 Å². The Morgan fingerprint density at radius 2 is 2.17 bits per heavy atom. The van der Waals surface area contributed by atoms with Crippen LogP contribution in [0.25, 0.3) is 0 Å². The molecule has 3 N–H and O–H groups in total. The van der Waals surface area contributed by atoms with Crippen LogP contribution in [0, 0.1) is 0 Å². The number of likely N-dealkylation sites (N-methyl/N-ethyl adjacent to an activating group) is 1. The number of H-pyrrole nitrogens is 1. The summed E-state index contributed by atoms with van der Waals surface area (Å²) in [6, 6.07) is 8.13. The number of anilines is 2.